The van der Waals surface area contributed by atoms with Crippen LogP contribution in [0.15, 0.2) is 30.5 Å². The maximum absolute atomic E-state index is 11.8. The summed E-state index contributed by atoms with van der Waals surface area (Å²) in [4.78, 5) is 21.8. The second-order valence-corrected chi connectivity index (χ2v) is 4.30. The fraction of sp³-hybridized carbons (Fsp3) is 0.250. The highest BCUT2D eigenvalue weighted by Crippen LogP contribution is 2.15. The van der Waals surface area contributed by atoms with Crippen LogP contribution in [0.2, 0.25) is 0 Å². The molecule has 0 aliphatic rings. The molecule has 2 aromatic rings. The van der Waals surface area contributed by atoms with E-state index in [2.05, 4.69) is 15.6 Å². The lowest BCUT2D eigenvalue weighted by atomic mass is 10.3. The molecular weight excluding hydrogens is 276 g/mol. The Morgan fingerprint density at radius 3 is 2.71 bits per heavy atom. The lowest BCUT2D eigenvalue weighted by Crippen LogP contribution is -2.19. The first-order valence-electron chi connectivity index (χ1n) is 6.22. The number of hydrogen-bond acceptors (Lipinski definition) is 6. The number of carbonyl (C=O) groups excluding carboxylic acids is 1. The Bertz CT molecular complexity index is 637. The van der Waals surface area contributed by atoms with E-state index in [9.17, 15) is 14.9 Å². The van der Waals surface area contributed by atoms with Crippen LogP contribution >= 0.6 is 0 Å². The van der Waals surface area contributed by atoms with Crippen molar-refractivity contribution in [1.29, 1.82) is 0 Å². The maximum Gasteiger partial charge on any atom is 0.269 e. The van der Waals surface area contributed by atoms with Gasteiger partial charge in [-0.1, -0.05) is 5.21 Å². The molecule has 1 aromatic heterocycles. The van der Waals surface area contributed by atoms with Crippen molar-refractivity contribution in [3.8, 4) is 0 Å². The van der Waals surface area contributed by atoms with Crippen LogP contribution in [0.3, 0.4) is 0 Å². The maximum atomic E-state index is 11.8. The van der Waals surface area contributed by atoms with Gasteiger partial charge in [-0.05, 0) is 18.7 Å². The van der Waals surface area contributed by atoms with Crippen LogP contribution in [0, 0.1) is 10.1 Å². The Hall–Kier alpha value is -2.81. The fourth-order valence-corrected chi connectivity index (χ4v) is 1.69. The summed E-state index contributed by atoms with van der Waals surface area (Å²) in [6, 6.07) is 5.59. The predicted molar refractivity (Wildman–Crippen MR) is 74.5 cm³/mol. The zero-order valence-corrected chi connectivity index (χ0v) is 11.1. The normalized spacial score (nSPS) is 10.3. The number of anilines is 1. The molecule has 2 rings (SSSR count). The summed E-state index contributed by atoms with van der Waals surface area (Å²) >= 11 is 0. The van der Waals surface area contributed by atoms with Crippen LogP contribution in [0.5, 0.6) is 0 Å². The molecule has 0 atom stereocenters. The number of nitro benzene ring substituents is 1. The Labute approximate surface area is 119 Å². The predicted octanol–water partition coefficient (Wildman–Crippen LogP) is 0.326. The third kappa shape index (κ3) is 4.08. The van der Waals surface area contributed by atoms with E-state index in [0.717, 1.165) is 5.69 Å². The van der Waals surface area contributed by atoms with Crippen molar-refractivity contribution in [2.24, 2.45) is 5.73 Å². The zero-order valence-electron chi connectivity index (χ0n) is 11.1. The summed E-state index contributed by atoms with van der Waals surface area (Å²) in [7, 11) is 0. The highest BCUT2D eigenvalue weighted by Gasteiger charge is 2.08. The van der Waals surface area contributed by atoms with Gasteiger partial charge in [0.25, 0.3) is 5.69 Å². The van der Waals surface area contributed by atoms with E-state index in [1.807, 2.05) is 0 Å². The van der Waals surface area contributed by atoms with Crippen molar-refractivity contribution in [3.05, 3.63) is 46.3 Å². The number of benzene rings is 1. The van der Waals surface area contributed by atoms with Gasteiger partial charge >= 0.3 is 0 Å². The summed E-state index contributed by atoms with van der Waals surface area (Å²) in [6.45, 7) is 0.474. The van der Waals surface area contributed by atoms with E-state index in [1.54, 1.807) is 6.20 Å². The zero-order chi connectivity index (χ0) is 15.2. The van der Waals surface area contributed by atoms with E-state index in [0.29, 0.717) is 18.7 Å². The van der Waals surface area contributed by atoms with Gasteiger partial charge in [0, 0.05) is 30.4 Å². The minimum atomic E-state index is -0.500. The van der Waals surface area contributed by atoms with Crippen LogP contribution in [0.4, 0.5) is 11.4 Å². The van der Waals surface area contributed by atoms with Crippen LogP contribution in [0.25, 0.3) is 0 Å². The van der Waals surface area contributed by atoms with E-state index < -0.39 is 4.92 Å². The molecule has 1 heterocycles. The van der Waals surface area contributed by atoms with Gasteiger partial charge in [-0.25, -0.2) is 4.68 Å². The van der Waals surface area contributed by atoms with Crippen LogP contribution < -0.4 is 11.1 Å². The molecule has 9 nitrogen and oxygen atoms in total. The number of carbonyl (C=O) groups is 1. The van der Waals surface area contributed by atoms with Gasteiger partial charge in [0.05, 0.1) is 10.6 Å². The van der Waals surface area contributed by atoms with Crippen molar-refractivity contribution in [3.63, 3.8) is 0 Å². The molecule has 1 amide bonds. The number of nitrogens with two attached hydrogens (primary N) is 1. The smallest absolute Gasteiger partial charge is 0.269 e. The van der Waals surface area contributed by atoms with Crippen LogP contribution in [0.1, 0.15) is 5.69 Å². The average molecular weight is 290 g/mol. The summed E-state index contributed by atoms with van der Waals surface area (Å²) < 4.78 is 1.41. The minimum absolute atomic E-state index is 0.00849. The number of rotatable bonds is 6. The van der Waals surface area contributed by atoms with Crippen molar-refractivity contribution in [2.45, 2.75) is 13.0 Å². The third-order valence-corrected chi connectivity index (χ3v) is 2.65. The number of hydrogen-bond donors (Lipinski definition) is 2. The number of nitro groups is 1. The molecule has 3 N–H and O–H groups in total. The molecule has 0 fully saturated rings. The molecule has 0 aliphatic carbocycles. The molecule has 0 saturated carbocycles. The molecule has 0 spiro atoms. The van der Waals surface area contributed by atoms with Gasteiger partial charge in [0.1, 0.15) is 6.54 Å². The number of nitrogens with one attached hydrogen (secondary N) is 1. The Morgan fingerprint density at radius 2 is 2.10 bits per heavy atom. The molecule has 110 valence electrons. The molecule has 0 aliphatic heterocycles. The average Bonchev–Trinajstić information content (AvgIpc) is 2.87. The molecule has 9 heteroatoms. The van der Waals surface area contributed by atoms with Crippen molar-refractivity contribution < 1.29 is 9.72 Å². The van der Waals surface area contributed by atoms with E-state index >= 15 is 0 Å². The van der Waals surface area contributed by atoms with Crippen LogP contribution in [-0.2, 0) is 17.8 Å². The van der Waals surface area contributed by atoms with E-state index in [-0.39, 0.29) is 18.1 Å². The summed E-state index contributed by atoms with van der Waals surface area (Å²) in [5.41, 5.74) is 6.57. The van der Waals surface area contributed by atoms with E-state index in [1.165, 1.54) is 28.9 Å². The van der Waals surface area contributed by atoms with Crippen molar-refractivity contribution in [2.75, 3.05) is 11.9 Å². The first-order chi connectivity index (χ1) is 10.1. The lowest BCUT2D eigenvalue weighted by Gasteiger charge is -2.04. The minimum Gasteiger partial charge on any atom is -0.330 e. The van der Waals surface area contributed by atoms with Crippen molar-refractivity contribution >= 4 is 17.3 Å². The second kappa shape index (κ2) is 6.57. The second-order valence-electron chi connectivity index (χ2n) is 4.30. The lowest BCUT2D eigenvalue weighted by molar-refractivity contribution is -0.384. The molecule has 0 unspecified atom stereocenters. The number of nitrogens with zero attached hydrogens (tertiary/aromatic N) is 4. The van der Waals surface area contributed by atoms with Gasteiger partial charge in [-0.3, -0.25) is 14.9 Å². The number of non-ortho nitro benzene ring substituents is 1. The van der Waals surface area contributed by atoms with Gasteiger partial charge in [0.15, 0.2) is 0 Å². The van der Waals surface area contributed by atoms with Gasteiger partial charge in [0.2, 0.25) is 5.91 Å². The number of aromatic nitrogens is 3. The highest BCUT2D eigenvalue weighted by atomic mass is 16.6. The quantitative estimate of drug-likeness (QED) is 0.582. The van der Waals surface area contributed by atoms with Gasteiger partial charge in [-0.15, -0.1) is 5.10 Å². The first-order valence-corrected chi connectivity index (χ1v) is 6.22. The van der Waals surface area contributed by atoms with E-state index in [4.69, 9.17) is 5.73 Å². The summed E-state index contributed by atoms with van der Waals surface area (Å²) in [6.07, 6.45) is 2.26. The fourth-order valence-electron chi connectivity index (χ4n) is 1.69. The summed E-state index contributed by atoms with van der Waals surface area (Å²) in [5.74, 6) is -0.298. The van der Waals surface area contributed by atoms with Crippen LogP contribution in [-0.4, -0.2) is 32.4 Å². The monoisotopic (exact) mass is 290 g/mol. The SMILES string of the molecule is NCCc1cn(CC(=O)Nc2ccc([N+](=O)[O-])cc2)nn1. The Balaban J connectivity index is 1.92. The molecule has 21 heavy (non-hydrogen) atoms. The number of amides is 1. The molecule has 0 radical (unpaired) electrons. The highest BCUT2D eigenvalue weighted by molar-refractivity contribution is 5.90. The third-order valence-electron chi connectivity index (χ3n) is 2.65. The molecule has 1 aromatic carbocycles. The van der Waals surface area contributed by atoms with Crippen molar-refractivity contribution in [1.82, 2.24) is 15.0 Å². The van der Waals surface area contributed by atoms with Gasteiger partial charge in [-0.2, -0.15) is 0 Å². The molecular formula is C12H14N6O3. The topological polar surface area (TPSA) is 129 Å². The summed E-state index contributed by atoms with van der Waals surface area (Å²) in [5, 5.41) is 20.8. The largest absolute Gasteiger partial charge is 0.330 e. The first kappa shape index (κ1) is 14.6. The Morgan fingerprint density at radius 1 is 1.38 bits per heavy atom. The van der Waals surface area contributed by atoms with Gasteiger partial charge < -0.3 is 11.1 Å². The standard InChI is InChI=1S/C12H14N6O3/c13-6-5-10-7-17(16-15-10)8-12(19)14-9-1-3-11(4-2-9)18(20)21/h1-4,7H,5-6,8,13H2,(H,14,19). The molecule has 0 saturated heterocycles. The Kier molecular flexibility index (Phi) is 4.57. The molecule has 0 bridgehead atoms.